The Bertz CT molecular complexity index is 739. The van der Waals surface area contributed by atoms with Crippen LogP contribution in [-0.2, 0) is 11.3 Å². The van der Waals surface area contributed by atoms with Crippen molar-refractivity contribution in [1.82, 2.24) is 0 Å². The van der Waals surface area contributed by atoms with E-state index < -0.39 is 0 Å². The Hall–Kier alpha value is -1.88. The third-order valence-electron chi connectivity index (χ3n) is 3.24. The molecule has 1 amide bonds. The van der Waals surface area contributed by atoms with E-state index in [1.807, 2.05) is 25.2 Å². The lowest BCUT2D eigenvalue weighted by Gasteiger charge is -2.16. The van der Waals surface area contributed by atoms with Gasteiger partial charge in [-0.3, -0.25) is 4.79 Å². The first-order valence-electron chi connectivity index (χ1n) is 6.94. The number of halogens is 1. The molecule has 2 aromatic rings. The molecule has 1 atom stereocenters. The summed E-state index contributed by atoms with van der Waals surface area (Å²) >= 11 is 4.80. The van der Waals surface area contributed by atoms with Crippen molar-refractivity contribution in [3.05, 3.63) is 45.2 Å². The summed E-state index contributed by atoms with van der Waals surface area (Å²) in [5, 5.41) is 14.1. The van der Waals surface area contributed by atoms with Crippen LogP contribution in [0, 0.1) is 11.3 Å². The zero-order valence-corrected chi connectivity index (χ0v) is 15.3. The highest BCUT2D eigenvalue weighted by Gasteiger charge is 2.15. The molecule has 1 aromatic heterocycles. The molecule has 0 aliphatic rings. The number of nitriles is 1. The molecule has 0 aliphatic carbocycles. The fourth-order valence-electron chi connectivity index (χ4n) is 2.21. The predicted molar refractivity (Wildman–Crippen MR) is 93.8 cm³/mol. The Morgan fingerprint density at radius 3 is 2.96 bits per heavy atom. The number of carbonyl (C=O) groups excluding carboxylic acids is 1. The molecule has 0 bridgehead atoms. The molecule has 1 aromatic carbocycles. The summed E-state index contributed by atoms with van der Waals surface area (Å²) in [4.78, 5) is 13.1. The fourth-order valence-corrected chi connectivity index (χ4v) is 3.37. The molecule has 1 unspecified atom stereocenters. The molecule has 0 spiro atoms. The lowest BCUT2D eigenvalue weighted by atomic mass is 10.2. The third kappa shape index (κ3) is 4.79. The highest BCUT2D eigenvalue weighted by molar-refractivity contribution is 9.10. The van der Waals surface area contributed by atoms with Crippen LogP contribution in [0.3, 0.4) is 0 Å². The molecule has 2 N–H and O–H groups in total. The predicted octanol–water partition coefficient (Wildman–Crippen LogP) is 2.04. The van der Waals surface area contributed by atoms with Crippen molar-refractivity contribution < 1.29 is 14.4 Å². The van der Waals surface area contributed by atoms with Gasteiger partial charge in [-0.2, -0.15) is 5.26 Å². The Morgan fingerprint density at radius 1 is 1.48 bits per heavy atom. The third-order valence-corrected chi connectivity index (χ3v) is 4.56. The number of ether oxygens (including phenoxy) is 1. The number of amides is 1. The summed E-state index contributed by atoms with van der Waals surface area (Å²) in [6.45, 7) is 0.962. The maximum absolute atomic E-state index is 12.1. The molecule has 0 fully saturated rings. The van der Waals surface area contributed by atoms with Crippen molar-refractivity contribution in [2.45, 2.75) is 6.54 Å². The molecular formula is C16H17BrN3O2S+. The topological polar surface area (TPSA) is 66.6 Å². The van der Waals surface area contributed by atoms with Gasteiger partial charge in [-0.1, -0.05) is 15.9 Å². The van der Waals surface area contributed by atoms with E-state index in [2.05, 4.69) is 27.3 Å². The lowest BCUT2D eigenvalue weighted by Crippen LogP contribution is -3.08. The van der Waals surface area contributed by atoms with E-state index in [0.29, 0.717) is 23.7 Å². The Morgan fingerprint density at radius 2 is 2.26 bits per heavy atom. The average Bonchev–Trinajstić information content (AvgIpc) is 2.94. The van der Waals surface area contributed by atoms with Crippen molar-refractivity contribution in [3.8, 4) is 11.8 Å². The minimum Gasteiger partial charge on any atom is -0.496 e. The molecule has 120 valence electrons. The Balaban J connectivity index is 1.97. The number of benzene rings is 1. The van der Waals surface area contributed by atoms with Crippen molar-refractivity contribution in [1.29, 1.82) is 5.26 Å². The number of thiophene rings is 1. The van der Waals surface area contributed by atoms with E-state index in [1.54, 1.807) is 18.6 Å². The summed E-state index contributed by atoms with van der Waals surface area (Å²) in [7, 11) is 3.58. The fraction of sp³-hybridized carbons (Fsp3) is 0.250. The second-order valence-electron chi connectivity index (χ2n) is 5.09. The number of hydrogen-bond acceptors (Lipinski definition) is 4. The molecule has 0 saturated carbocycles. The van der Waals surface area contributed by atoms with E-state index in [9.17, 15) is 4.79 Å². The minimum absolute atomic E-state index is 0.115. The van der Waals surface area contributed by atoms with Crippen molar-refractivity contribution in [2.24, 2.45) is 0 Å². The van der Waals surface area contributed by atoms with Gasteiger partial charge in [0.2, 0.25) is 0 Å². The number of likely N-dealkylation sites (N-methyl/N-ethyl adjacent to an activating group) is 1. The van der Waals surface area contributed by atoms with E-state index in [-0.39, 0.29) is 5.91 Å². The molecule has 1 heterocycles. The number of rotatable bonds is 6. The van der Waals surface area contributed by atoms with E-state index in [4.69, 9.17) is 10.00 Å². The van der Waals surface area contributed by atoms with Crippen LogP contribution in [0.4, 0.5) is 5.00 Å². The number of methoxy groups -OCH3 is 1. The van der Waals surface area contributed by atoms with Gasteiger partial charge in [0.05, 0.1) is 19.7 Å². The van der Waals surface area contributed by atoms with Crippen molar-refractivity contribution in [2.75, 3.05) is 26.0 Å². The maximum Gasteiger partial charge on any atom is 0.280 e. The van der Waals surface area contributed by atoms with Crippen molar-refractivity contribution >= 4 is 38.2 Å². The van der Waals surface area contributed by atoms with Gasteiger partial charge in [0.1, 0.15) is 23.4 Å². The monoisotopic (exact) mass is 394 g/mol. The van der Waals surface area contributed by atoms with Gasteiger partial charge in [0.15, 0.2) is 6.54 Å². The van der Waals surface area contributed by atoms with Crippen LogP contribution in [0.2, 0.25) is 0 Å². The highest BCUT2D eigenvalue weighted by Crippen LogP contribution is 2.22. The molecule has 0 aliphatic heterocycles. The standard InChI is InChI=1S/C16H16BrN3O2S/c1-20(9-12-7-13(17)3-4-14(12)22-2)10-15(21)19-16-11(8-18)5-6-23-16/h3-7H,9-10H2,1-2H3,(H,19,21)/p+1. The number of nitrogens with zero attached hydrogens (tertiary/aromatic N) is 1. The smallest absolute Gasteiger partial charge is 0.280 e. The first-order valence-corrected chi connectivity index (χ1v) is 8.62. The number of anilines is 1. The number of carbonyl (C=O) groups is 1. The summed E-state index contributed by atoms with van der Waals surface area (Å²) in [5.41, 5.74) is 1.52. The number of nitrogens with one attached hydrogen (secondary N) is 2. The summed E-state index contributed by atoms with van der Waals surface area (Å²) in [6.07, 6.45) is 0. The van der Waals surface area contributed by atoms with Crippen LogP contribution in [0.15, 0.2) is 34.1 Å². The summed E-state index contributed by atoms with van der Waals surface area (Å²) < 4.78 is 6.33. The van der Waals surface area contributed by atoms with E-state index >= 15 is 0 Å². The molecular weight excluding hydrogens is 378 g/mol. The van der Waals surface area contributed by atoms with Crippen LogP contribution in [-0.4, -0.2) is 26.6 Å². The molecule has 0 saturated heterocycles. The summed E-state index contributed by atoms with van der Waals surface area (Å²) in [6, 6.07) is 9.58. The summed E-state index contributed by atoms with van der Waals surface area (Å²) in [5.74, 6) is 0.688. The zero-order valence-electron chi connectivity index (χ0n) is 12.9. The SMILES string of the molecule is COc1ccc(Br)cc1C[NH+](C)CC(=O)Nc1sccc1C#N. The van der Waals surface area contributed by atoms with Crippen LogP contribution < -0.4 is 15.0 Å². The van der Waals surface area contributed by atoms with Crippen LogP contribution in [0.1, 0.15) is 11.1 Å². The van der Waals surface area contributed by atoms with Crippen LogP contribution in [0.5, 0.6) is 5.75 Å². The second kappa shape index (κ2) is 8.11. The first-order chi connectivity index (χ1) is 11.0. The van der Waals surface area contributed by atoms with Crippen LogP contribution >= 0.6 is 27.3 Å². The van der Waals surface area contributed by atoms with Gasteiger partial charge in [-0.15, -0.1) is 11.3 Å². The van der Waals surface area contributed by atoms with E-state index in [0.717, 1.165) is 20.7 Å². The largest absolute Gasteiger partial charge is 0.496 e. The highest BCUT2D eigenvalue weighted by atomic mass is 79.9. The normalized spacial score (nSPS) is 11.6. The number of quaternary nitrogens is 1. The Kier molecular flexibility index (Phi) is 6.16. The zero-order chi connectivity index (χ0) is 16.8. The van der Waals surface area contributed by atoms with Crippen molar-refractivity contribution in [3.63, 3.8) is 0 Å². The van der Waals surface area contributed by atoms with Gasteiger partial charge >= 0.3 is 0 Å². The first kappa shape index (κ1) is 17.5. The Labute approximate surface area is 147 Å². The number of hydrogen-bond donors (Lipinski definition) is 2. The van der Waals surface area contributed by atoms with Gasteiger partial charge in [-0.05, 0) is 29.6 Å². The van der Waals surface area contributed by atoms with Gasteiger partial charge in [-0.25, -0.2) is 0 Å². The second-order valence-corrected chi connectivity index (χ2v) is 6.92. The quantitative estimate of drug-likeness (QED) is 0.787. The van der Waals surface area contributed by atoms with Gasteiger partial charge in [0, 0.05) is 10.0 Å². The minimum atomic E-state index is -0.115. The van der Waals surface area contributed by atoms with E-state index in [1.165, 1.54) is 11.3 Å². The molecule has 2 rings (SSSR count). The lowest BCUT2D eigenvalue weighted by molar-refractivity contribution is -0.885. The van der Waals surface area contributed by atoms with Crippen LogP contribution in [0.25, 0.3) is 0 Å². The van der Waals surface area contributed by atoms with Gasteiger partial charge in [0.25, 0.3) is 5.91 Å². The molecule has 23 heavy (non-hydrogen) atoms. The maximum atomic E-state index is 12.1. The van der Waals surface area contributed by atoms with Gasteiger partial charge < -0.3 is 15.0 Å². The average molecular weight is 395 g/mol. The molecule has 0 radical (unpaired) electrons. The molecule has 7 heteroatoms. The molecule has 5 nitrogen and oxygen atoms in total.